The lowest BCUT2D eigenvalue weighted by Crippen LogP contribution is -2.07. The second-order valence-electron chi connectivity index (χ2n) is 2.99. The van der Waals surface area contributed by atoms with Crippen LogP contribution in [0.15, 0.2) is 4.52 Å². The van der Waals surface area contributed by atoms with Crippen molar-refractivity contribution < 1.29 is 9.32 Å². The van der Waals surface area contributed by atoms with Gasteiger partial charge in [-0.2, -0.15) is 0 Å². The van der Waals surface area contributed by atoms with Crippen LogP contribution in [0.3, 0.4) is 0 Å². The van der Waals surface area contributed by atoms with Crippen molar-refractivity contribution in [2.75, 3.05) is 0 Å². The normalized spacial score (nSPS) is 17.4. The molecule has 1 fully saturated rings. The Bertz CT molecular complexity index is 304. The minimum atomic E-state index is 0.221. The molecule has 0 saturated heterocycles. The molecule has 1 heterocycles. The molecular weight excluding hydrogens is 178 g/mol. The highest BCUT2D eigenvalue weighted by atomic mass is 35.5. The van der Waals surface area contributed by atoms with Crippen molar-refractivity contribution >= 4 is 17.9 Å². The van der Waals surface area contributed by atoms with Crippen molar-refractivity contribution in [2.45, 2.75) is 25.2 Å². The molecule has 12 heavy (non-hydrogen) atoms. The number of rotatable bonds is 2. The first-order valence-corrected chi connectivity index (χ1v) is 4.31. The van der Waals surface area contributed by atoms with Crippen LogP contribution in [0.1, 0.15) is 41.4 Å². The topological polar surface area (TPSA) is 43.1 Å². The Labute approximate surface area is 74.7 Å². The Kier molecular flexibility index (Phi) is 1.89. The molecule has 1 aromatic rings. The maximum Gasteiger partial charge on any atom is 0.173 e. The van der Waals surface area contributed by atoms with E-state index in [0.29, 0.717) is 23.0 Å². The average Bonchev–Trinajstić information content (AvgIpc) is 2.30. The molecule has 0 atom stereocenters. The summed E-state index contributed by atoms with van der Waals surface area (Å²) in [5.41, 5.74) is 0.221. The van der Waals surface area contributed by atoms with Crippen LogP contribution in [-0.2, 0) is 0 Å². The number of aldehydes is 1. The maximum atomic E-state index is 10.4. The van der Waals surface area contributed by atoms with E-state index < -0.39 is 0 Å². The van der Waals surface area contributed by atoms with E-state index in [2.05, 4.69) is 5.16 Å². The minimum Gasteiger partial charge on any atom is -0.359 e. The molecule has 0 spiro atoms. The van der Waals surface area contributed by atoms with Gasteiger partial charge in [-0.15, -0.1) is 0 Å². The van der Waals surface area contributed by atoms with Crippen molar-refractivity contribution in [3.05, 3.63) is 16.5 Å². The predicted octanol–water partition coefficient (Wildman–Crippen LogP) is 2.41. The molecule has 1 aliphatic rings. The second-order valence-corrected chi connectivity index (χ2v) is 3.37. The number of aromatic nitrogens is 1. The summed E-state index contributed by atoms with van der Waals surface area (Å²) in [6.45, 7) is 0. The van der Waals surface area contributed by atoms with E-state index in [-0.39, 0.29) is 5.69 Å². The fourth-order valence-corrected chi connectivity index (χ4v) is 1.57. The molecule has 0 unspecified atom stereocenters. The summed E-state index contributed by atoms with van der Waals surface area (Å²) in [6.07, 6.45) is 4.01. The van der Waals surface area contributed by atoms with Gasteiger partial charge >= 0.3 is 0 Å². The summed E-state index contributed by atoms with van der Waals surface area (Å²) in [5.74, 6) is 1.07. The van der Waals surface area contributed by atoms with Crippen LogP contribution < -0.4 is 0 Å². The maximum absolute atomic E-state index is 10.4. The molecule has 0 aliphatic heterocycles. The molecule has 0 radical (unpaired) electrons. The molecule has 1 aromatic heterocycles. The SMILES string of the molecule is O=Cc1noc(C2CCC2)c1Cl. The third-order valence-corrected chi connectivity index (χ3v) is 2.65. The number of hydrogen-bond acceptors (Lipinski definition) is 3. The molecule has 0 N–H and O–H groups in total. The number of nitrogens with zero attached hydrogens (tertiary/aromatic N) is 1. The van der Waals surface area contributed by atoms with Crippen LogP contribution in [0.2, 0.25) is 5.02 Å². The predicted molar refractivity (Wildman–Crippen MR) is 43.5 cm³/mol. The molecule has 4 heteroatoms. The third kappa shape index (κ3) is 1.05. The minimum absolute atomic E-state index is 0.221. The van der Waals surface area contributed by atoms with Crippen molar-refractivity contribution in [1.82, 2.24) is 5.16 Å². The zero-order valence-corrected chi connectivity index (χ0v) is 7.17. The van der Waals surface area contributed by atoms with E-state index in [1.807, 2.05) is 0 Å². The van der Waals surface area contributed by atoms with E-state index in [1.54, 1.807) is 0 Å². The number of carbonyl (C=O) groups excluding carboxylic acids is 1. The summed E-state index contributed by atoms with van der Waals surface area (Å²) >= 11 is 5.84. The fourth-order valence-electron chi connectivity index (χ4n) is 1.30. The molecular formula is C8H8ClNO2. The van der Waals surface area contributed by atoms with Crippen LogP contribution in [0.4, 0.5) is 0 Å². The van der Waals surface area contributed by atoms with E-state index in [4.69, 9.17) is 16.1 Å². The van der Waals surface area contributed by atoms with Gasteiger partial charge in [0.2, 0.25) is 0 Å². The first kappa shape index (κ1) is 7.80. The summed E-state index contributed by atoms with van der Waals surface area (Å²) in [4.78, 5) is 10.4. The quantitative estimate of drug-likeness (QED) is 0.665. The van der Waals surface area contributed by atoms with E-state index >= 15 is 0 Å². The molecule has 3 nitrogen and oxygen atoms in total. The van der Waals surface area contributed by atoms with Gasteiger partial charge in [-0.25, -0.2) is 0 Å². The first-order chi connectivity index (χ1) is 5.83. The fraction of sp³-hybridized carbons (Fsp3) is 0.500. The van der Waals surface area contributed by atoms with E-state index in [9.17, 15) is 4.79 Å². The van der Waals surface area contributed by atoms with Crippen molar-refractivity contribution in [3.8, 4) is 0 Å². The molecule has 2 rings (SSSR count). The number of carbonyl (C=O) groups is 1. The van der Waals surface area contributed by atoms with Crippen LogP contribution in [-0.4, -0.2) is 11.4 Å². The third-order valence-electron chi connectivity index (χ3n) is 2.27. The van der Waals surface area contributed by atoms with Gasteiger partial charge in [0.1, 0.15) is 5.02 Å². The number of halogens is 1. The van der Waals surface area contributed by atoms with Gasteiger partial charge in [-0.05, 0) is 12.8 Å². The van der Waals surface area contributed by atoms with Gasteiger partial charge in [-0.1, -0.05) is 23.2 Å². The molecule has 0 aromatic carbocycles. The Hall–Kier alpha value is -0.830. The van der Waals surface area contributed by atoms with Crippen LogP contribution in [0.25, 0.3) is 0 Å². The molecule has 64 valence electrons. The second kappa shape index (κ2) is 2.90. The summed E-state index contributed by atoms with van der Waals surface area (Å²) in [6, 6.07) is 0. The smallest absolute Gasteiger partial charge is 0.173 e. The zero-order valence-electron chi connectivity index (χ0n) is 6.42. The highest BCUT2D eigenvalue weighted by Gasteiger charge is 2.27. The largest absolute Gasteiger partial charge is 0.359 e. The van der Waals surface area contributed by atoms with E-state index in [0.717, 1.165) is 12.8 Å². The highest BCUT2D eigenvalue weighted by Crippen LogP contribution is 2.40. The molecule has 0 amide bonds. The van der Waals surface area contributed by atoms with Crippen molar-refractivity contribution in [3.63, 3.8) is 0 Å². The van der Waals surface area contributed by atoms with Gasteiger partial charge in [0.25, 0.3) is 0 Å². The standard InChI is InChI=1S/C8H8ClNO2/c9-7-6(4-11)10-12-8(7)5-2-1-3-5/h4-5H,1-3H2. The molecule has 1 aliphatic carbocycles. The summed E-state index contributed by atoms with van der Waals surface area (Å²) in [5, 5.41) is 3.96. The zero-order chi connectivity index (χ0) is 8.55. The van der Waals surface area contributed by atoms with Crippen LogP contribution in [0.5, 0.6) is 0 Å². The lowest BCUT2D eigenvalue weighted by molar-refractivity contribution is 0.111. The van der Waals surface area contributed by atoms with Gasteiger partial charge in [0.15, 0.2) is 17.7 Å². The van der Waals surface area contributed by atoms with Crippen LogP contribution in [0, 0.1) is 0 Å². The lowest BCUT2D eigenvalue weighted by atomic mass is 9.83. The van der Waals surface area contributed by atoms with Gasteiger partial charge in [0.05, 0.1) is 0 Å². The lowest BCUT2D eigenvalue weighted by Gasteiger charge is -2.22. The summed E-state index contributed by atoms with van der Waals surface area (Å²) in [7, 11) is 0. The van der Waals surface area contributed by atoms with Crippen molar-refractivity contribution in [1.29, 1.82) is 0 Å². The average molecular weight is 186 g/mol. The monoisotopic (exact) mass is 185 g/mol. The van der Waals surface area contributed by atoms with Crippen LogP contribution >= 0.6 is 11.6 Å². The van der Waals surface area contributed by atoms with E-state index in [1.165, 1.54) is 6.42 Å². The highest BCUT2D eigenvalue weighted by molar-refractivity contribution is 6.33. The Morgan fingerprint density at radius 1 is 1.58 bits per heavy atom. The molecule has 0 bridgehead atoms. The Morgan fingerprint density at radius 2 is 2.33 bits per heavy atom. The van der Waals surface area contributed by atoms with Gasteiger partial charge in [-0.3, -0.25) is 4.79 Å². The Morgan fingerprint density at radius 3 is 2.75 bits per heavy atom. The first-order valence-electron chi connectivity index (χ1n) is 3.93. The van der Waals surface area contributed by atoms with Crippen molar-refractivity contribution in [2.24, 2.45) is 0 Å². The van der Waals surface area contributed by atoms with Gasteiger partial charge < -0.3 is 4.52 Å². The van der Waals surface area contributed by atoms with Gasteiger partial charge in [0, 0.05) is 5.92 Å². The number of hydrogen-bond donors (Lipinski definition) is 0. The summed E-state index contributed by atoms with van der Waals surface area (Å²) < 4.78 is 4.98. The molecule has 1 saturated carbocycles. The Balaban J connectivity index is 2.31.